The van der Waals surface area contributed by atoms with E-state index in [1.165, 1.54) is 0 Å². The number of nitrogens with one attached hydrogen (secondary N) is 1. The Bertz CT molecular complexity index is 651. The lowest BCUT2D eigenvalue weighted by Gasteiger charge is -2.25. The molecule has 1 amide bonds. The molecule has 0 bridgehead atoms. The van der Waals surface area contributed by atoms with Gasteiger partial charge in [0, 0.05) is 45.0 Å². The van der Waals surface area contributed by atoms with Gasteiger partial charge in [0.25, 0.3) is 0 Å². The summed E-state index contributed by atoms with van der Waals surface area (Å²) in [6.45, 7) is 1.29. The summed E-state index contributed by atoms with van der Waals surface area (Å²) in [5.74, 6) is 0.0608. The molecular weight excluding hydrogens is 338 g/mol. The van der Waals surface area contributed by atoms with Crippen LogP contribution in [0, 0.1) is 0 Å². The van der Waals surface area contributed by atoms with Crippen LogP contribution in [0.5, 0.6) is 0 Å². The highest BCUT2D eigenvalue weighted by molar-refractivity contribution is 7.89. The van der Waals surface area contributed by atoms with E-state index in [4.69, 9.17) is 0 Å². The summed E-state index contributed by atoms with van der Waals surface area (Å²) in [5, 5.41) is 2.85. The molecule has 0 spiro atoms. The van der Waals surface area contributed by atoms with Crippen LogP contribution in [0.3, 0.4) is 0 Å². The number of piperidine rings is 1. The van der Waals surface area contributed by atoms with Crippen LogP contribution in [0.25, 0.3) is 0 Å². The first-order chi connectivity index (χ1) is 11.9. The third kappa shape index (κ3) is 6.32. The van der Waals surface area contributed by atoms with Crippen LogP contribution in [-0.2, 0) is 14.8 Å². The second-order valence-corrected chi connectivity index (χ2v) is 8.81. The highest BCUT2D eigenvalue weighted by atomic mass is 32.2. The Morgan fingerprint density at radius 1 is 1.08 bits per heavy atom. The van der Waals surface area contributed by atoms with Crippen LogP contribution in [0.2, 0.25) is 0 Å². The fourth-order valence-corrected chi connectivity index (χ4v) is 4.55. The molecule has 1 heterocycles. The molecule has 0 aromatic heterocycles. The van der Waals surface area contributed by atoms with Gasteiger partial charge in [0.05, 0.1) is 5.75 Å². The summed E-state index contributed by atoms with van der Waals surface area (Å²) in [6.07, 6.45) is 4.45. The minimum absolute atomic E-state index is 0.0760. The van der Waals surface area contributed by atoms with E-state index in [0.717, 1.165) is 30.6 Å². The van der Waals surface area contributed by atoms with Crippen LogP contribution >= 0.6 is 0 Å². The van der Waals surface area contributed by atoms with Crippen LogP contribution in [0.1, 0.15) is 38.5 Å². The lowest BCUT2D eigenvalue weighted by atomic mass is 10.2. The molecule has 6 nitrogen and oxygen atoms in total. The molecule has 1 saturated heterocycles. The highest BCUT2D eigenvalue weighted by Crippen LogP contribution is 2.17. The van der Waals surface area contributed by atoms with Crippen molar-refractivity contribution in [2.75, 3.05) is 43.2 Å². The van der Waals surface area contributed by atoms with E-state index in [1.54, 1.807) is 4.31 Å². The second kappa shape index (κ2) is 9.20. The molecule has 2 rings (SSSR count). The summed E-state index contributed by atoms with van der Waals surface area (Å²) in [4.78, 5) is 14.0. The van der Waals surface area contributed by atoms with Crippen LogP contribution in [0.4, 0.5) is 11.4 Å². The van der Waals surface area contributed by atoms with Gasteiger partial charge in [-0.15, -0.1) is 0 Å². The monoisotopic (exact) mass is 367 g/mol. The maximum atomic E-state index is 12.2. The zero-order chi connectivity index (χ0) is 18.3. The number of carbonyl (C=O) groups is 1. The minimum Gasteiger partial charge on any atom is -0.378 e. The van der Waals surface area contributed by atoms with Gasteiger partial charge in [-0.05, 0) is 49.9 Å². The maximum absolute atomic E-state index is 12.2. The molecule has 1 aliphatic rings. The Hall–Kier alpha value is -1.60. The lowest BCUT2D eigenvalue weighted by molar-refractivity contribution is -0.116. The predicted octanol–water partition coefficient (Wildman–Crippen LogP) is 2.68. The van der Waals surface area contributed by atoms with Gasteiger partial charge in [-0.25, -0.2) is 12.7 Å². The predicted molar refractivity (Wildman–Crippen MR) is 102 cm³/mol. The molecule has 1 aromatic rings. The maximum Gasteiger partial charge on any atom is 0.224 e. The molecule has 1 aliphatic heterocycles. The number of unbranched alkanes of at least 4 members (excludes halogenated alkanes) is 1. The molecular formula is C18H29N3O3S. The van der Waals surface area contributed by atoms with Crippen LogP contribution in [0.15, 0.2) is 24.3 Å². The Kier molecular flexibility index (Phi) is 7.25. The van der Waals surface area contributed by atoms with Gasteiger partial charge in [0.2, 0.25) is 15.9 Å². The van der Waals surface area contributed by atoms with E-state index in [2.05, 4.69) is 5.32 Å². The average molecular weight is 368 g/mol. The zero-order valence-electron chi connectivity index (χ0n) is 15.2. The van der Waals surface area contributed by atoms with Crippen molar-refractivity contribution in [2.45, 2.75) is 38.5 Å². The van der Waals surface area contributed by atoms with E-state index in [9.17, 15) is 13.2 Å². The molecule has 1 N–H and O–H groups in total. The standard InChI is InChI=1S/C18H29N3O3S/c1-20(2)17-11-9-16(10-12-17)19-18(22)8-4-7-15-25(23,24)21-13-5-3-6-14-21/h9-12H,3-8,13-15H2,1-2H3,(H,19,22). The van der Waals surface area contributed by atoms with Gasteiger partial charge in [0.15, 0.2) is 0 Å². The van der Waals surface area contributed by atoms with Crippen molar-refractivity contribution < 1.29 is 13.2 Å². The average Bonchev–Trinajstić information content (AvgIpc) is 2.60. The number of hydrogen-bond acceptors (Lipinski definition) is 4. The number of rotatable bonds is 8. The number of benzene rings is 1. The largest absolute Gasteiger partial charge is 0.378 e. The van der Waals surface area contributed by atoms with E-state index in [-0.39, 0.29) is 11.7 Å². The lowest BCUT2D eigenvalue weighted by Crippen LogP contribution is -2.37. The number of nitrogens with zero attached hydrogens (tertiary/aromatic N) is 2. The topological polar surface area (TPSA) is 69.7 Å². The van der Waals surface area contributed by atoms with E-state index >= 15 is 0 Å². The molecule has 25 heavy (non-hydrogen) atoms. The van der Waals surface area contributed by atoms with E-state index in [0.29, 0.717) is 32.4 Å². The molecule has 0 unspecified atom stereocenters. The smallest absolute Gasteiger partial charge is 0.224 e. The number of hydrogen-bond donors (Lipinski definition) is 1. The fourth-order valence-electron chi connectivity index (χ4n) is 2.91. The summed E-state index contributed by atoms with van der Waals surface area (Å²) >= 11 is 0. The van der Waals surface area contributed by atoms with Gasteiger partial charge in [-0.3, -0.25) is 4.79 Å². The van der Waals surface area contributed by atoms with Gasteiger partial charge in [0.1, 0.15) is 0 Å². The van der Waals surface area contributed by atoms with E-state index in [1.807, 2.05) is 43.3 Å². The Balaban J connectivity index is 1.69. The Labute approximate surface area is 151 Å². The zero-order valence-corrected chi connectivity index (χ0v) is 16.0. The molecule has 140 valence electrons. The number of sulfonamides is 1. The third-order valence-electron chi connectivity index (χ3n) is 4.43. The first kappa shape index (κ1) is 19.7. The number of carbonyl (C=O) groups excluding carboxylic acids is 1. The third-order valence-corrected chi connectivity index (χ3v) is 6.39. The van der Waals surface area contributed by atoms with Crippen molar-refractivity contribution in [3.05, 3.63) is 24.3 Å². The minimum atomic E-state index is -3.16. The van der Waals surface area contributed by atoms with Gasteiger partial charge < -0.3 is 10.2 Å². The second-order valence-electron chi connectivity index (χ2n) is 6.72. The quantitative estimate of drug-likeness (QED) is 0.717. The SMILES string of the molecule is CN(C)c1ccc(NC(=O)CCCCS(=O)(=O)N2CCCCC2)cc1. The molecule has 0 aliphatic carbocycles. The van der Waals surface area contributed by atoms with Gasteiger partial charge >= 0.3 is 0 Å². The summed E-state index contributed by atoms with van der Waals surface area (Å²) in [6, 6.07) is 7.63. The molecule has 1 aromatic carbocycles. The Morgan fingerprint density at radius 2 is 1.72 bits per heavy atom. The van der Waals surface area contributed by atoms with Gasteiger partial charge in [-0.2, -0.15) is 0 Å². The van der Waals surface area contributed by atoms with Crippen molar-refractivity contribution in [1.82, 2.24) is 4.31 Å². The molecule has 1 fully saturated rings. The molecule has 7 heteroatoms. The van der Waals surface area contributed by atoms with Crippen LogP contribution in [-0.4, -0.2) is 51.6 Å². The summed E-state index contributed by atoms with van der Waals surface area (Å²) in [5.41, 5.74) is 1.83. The summed E-state index contributed by atoms with van der Waals surface area (Å²) in [7, 11) is 0.772. The van der Waals surface area contributed by atoms with Crippen molar-refractivity contribution in [2.24, 2.45) is 0 Å². The van der Waals surface area contributed by atoms with Gasteiger partial charge in [-0.1, -0.05) is 6.42 Å². The number of amides is 1. The summed E-state index contributed by atoms with van der Waals surface area (Å²) < 4.78 is 26.1. The van der Waals surface area contributed by atoms with Crippen molar-refractivity contribution in [3.8, 4) is 0 Å². The highest BCUT2D eigenvalue weighted by Gasteiger charge is 2.23. The molecule has 0 radical (unpaired) electrons. The van der Waals surface area contributed by atoms with Crippen LogP contribution < -0.4 is 10.2 Å². The molecule has 0 atom stereocenters. The van der Waals surface area contributed by atoms with E-state index < -0.39 is 10.0 Å². The van der Waals surface area contributed by atoms with Crippen molar-refractivity contribution >= 4 is 27.3 Å². The van der Waals surface area contributed by atoms with Crippen molar-refractivity contribution in [3.63, 3.8) is 0 Å². The number of anilines is 2. The Morgan fingerprint density at radius 3 is 2.32 bits per heavy atom. The molecule has 0 saturated carbocycles. The van der Waals surface area contributed by atoms with Crippen molar-refractivity contribution in [1.29, 1.82) is 0 Å². The fraction of sp³-hybridized carbons (Fsp3) is 0.611. The first-order valence-electron chi connectivity index (χ1n) is 8.93. The normalized spacial score (nSPS) is 15.8. The first-order valence-corrected chi connectivity index (χ1v) is 10.5.